The maximum absolute atomic E-state index is 12.5. The van der Waals surface area contributed by atoms with Crippen LogP contribution >= 0.6 is 15.9 Å². The Kier molecular flexibility index (Phi) is 6.09. The molecule has 0 spiro atoms. The maximum Gasteiger partial charge on any atom is 0.416 e. The smallest absolute Gasteiger partial charge is 0.384 e. The lowest BCUT2D eigenvalue weighted by atomic mass is 10.2. The minimum atomic E-state index is -4.33. The zero-order valence-corrected chi connectivity index (χ0v) is 12.0. The van der Waals surface area contributed by atoms with Gasteiger partial charge in [0, 0.05) is 29.9 Å². The van der Waals surface area contributed by atoms with E-state index in [9.17, 15) is 13.2 Å². The lowest BCUT2D eigenvalue weighted by molar-refractivity contribution is -0.137. The van der Waals surface area contributed by atoms with Gasteiger partial charge in [-0.2, -0.15) is 13.2 Å². The van der Waals surface area contributed by atoms with Crippen LogP contribution < -0.4 is 11.1 Å². The highest BCUT2D eigenvalue weighted by atomic mass is 79.9. The summed E-state index contributed by atoms with van der Waals surface area (Å²) in [5, 5.41) is 3.03. The van der Waals surface area contributed by atoms with Crippen molar-refractivity contribution in [1.29, 1.82) is 0 Å². The molecule has 1 aromatic carbocycles. The summed E-state index contributed by atoms with van der Waals surface area (Å²) in [7, 11) is 1.57. The number of benzene rings is 1. The molecule has 0 aliphatic rings. The van der Waals surface area contributed by atoms with Gasteiger partial charge in [-0.25, -0.2) is 0 Å². The Balaban J connectivity index is 2.56. The van der Waals surface area contributed by atoms with E-state index in [4.69, 9.17) is 10.5 Å². The molecule has 0 aromatic heterocycles. The normalized spacial score (nSPS) is 13.4. The number of methoxy groups -OCH3 is 1. The van der Waals surface area contributed by atoms with Gasteiger partial charge in [0.1, 0.15) is 0 Å². The fourth-order valence-corrected chi connectivity index (χ4v) is 2.04. The minimum absolute atomic E-state index is 0.0919. The number of ether oxygens (including phenoxy) is 1. The standard InChI is InChI=1S/C12H16BrF3N2O/c1-19-7-9(17)4-5-18-11-3-2-8(6-10(11)13)12(14,15)16/h2-3,6,9,18H,4-5,7,17H2,1H3. The van der Waals surface area contributed by atoms with Crippen molar-refractivity contribution in [3.05, 3.63) is 28.2 Å². The molecule has 7 heteroatoms. The molecule has 0 fully saturated rings. The van der Waals surface area contributed by atoms with Gasteiger partial charge in [-0.05, 0) is 40.5 Å². The Labute approximate surface area is 118 Å². The van der Waals surface area contributed by atoms with Crippen molar-refractivity contribution < 1.29 is 17.9 Å². The molecule has 0 heterocycles. The Bertz CT molecular complexity index is 412. The molecule has 19 heavy (non-hydrogen) atoms. The van der Waals surface area contributed by atoms with Crippen molar-refractivity contribution >= 4 is 21.6 Å². The van der Waals surface area contributed by atoms with E-state index in [-0.39, 0.29) is 6.04 Å². The topological polar surface area (TPSA) is 47.3 Å². The maximum atomic E-state index is 12.5. The Morgan fingerprint density at radius 3 is 2.63 bits per heavy atom. The highest BCUT2D eigenvalue weighted by molar-refractivity contribution is 9.10. The van der Waals surface area contributed by atoms with Crippen molar-refractivity contribution in [2.45, 2.75) is 18.6 Å². The summed E-state index contributed by atoms with van der Waals surface area (Å²) in [4.78, 5) is 0. The quantitative estimate of drug-likeness (QED) is 0.835. The van der Waals surface area contributed by atoms with Gasteiger partial charge in [0.15, 0.2) is 0 Å². The van der Waals surface area contributed by atoms with Crippen LogP contribution in [0.4, 0.5) is 18.9 Å². The average molecular weight is 341 g/mol. The molecule has 1 atom stereocenters. The van der Waals surface area contributed by atoms with E-state index < -0.39 is 11.7 Å². The average Bonchev–Trinajstić information content (AvgIpc) is 2.30. The molecule has 1 unspecified atom stereocenters. The van der Waals surface area contributed by atoms with Gasteiger partial charge in [-0.3, -0.25) is 0 Å². The number of hydrogen-bond acceptors (Lipinski definition) is 3. The van der Waals surface area contributed by atoms with Crippen LogP contribution in [0.1, 0.15) is 12.0 Å². The van der Waals surface area contributed by atoms with E-state index >= 15 is 0 Å². The summed E-state index contributed by atoms with van der Waals surface area (Å²) in [6.07, 6.45) is -3.66. The molecule has 0 saturated heterocycles. The summed E-state index contributed by atoms with van der Waals surface area (Å²) in [6.45, 7) is 1.02. The molecule has 0 radical (unpaired) electrons. The van der Waals surface area contributed by atoms with E-state index in [1.54, 1.807) is 7.11 Å². The summed E-state index contributed by atoms with van der Waals surface area (Å²) in [6, 6.07) is 3.40. The van der Waals surface area contributed by atoms with Gasteiger partial charge in [0.25, 0.3) is 0 Å². The van der Waals surface area contributed by atoms with Crippen molar-refractivity contribution in [2.24, 2.45) is 5.73 Å². The van der Waals surface area contributed by atoms with Crippen molar-refractivity contribution in [1.82, 2.24) is 0 Å². The first-order valence-electron chi connectivity index (χ1n) is 5.69. The molecule has 0 aliphatic heterocycles. The second-order valence-electron chi connectivity index (χ2n) is 4.12. The zero-order valence-electron chi connectivity index (χ0n) is 10.4. The van der Waals surface area contributed by atoms with E-state index in [2.05, 4.69) is 21.2 Å². The molecule has 3 nitrogen and oxygen atoms in total. The molecular weight excluding hydrogens is 325 g/mol. The van der Waals surface area contributed by atoms with Crippen molar-refractivity contribution in [3.63, 3.8) is 0 Å². The van der Waals surface area contributed by atoms with Crippen LogP contribution in [0, 0.1) is 0 Å². The first-order valence-corrected chi connectivity index (χ1v) is 6.49. The molecule has 1 rings (SSSR count). The number of nitrogens with one attached hydrogen (secondary N) is 1. The first kappa shape index (κ1) is 16.3. The number of anilines is 1. The van der Waals surface area contributed by atoms with Crippen molar-refractivity contribution in [2.75, 3.05) is 25.6 Å². The number of halogens is 4. The molecule has 1 aromatic rings. The van der Waals surface area contributed by atoms with Crippen LogP contribution in [-0.2, 0) is 10.9 Å². The Morgan fingerprint density at radius 1 is 1.42 bits per heavy atom. The van der Waals surface area contributed by atoms with E-state index in [1.165, 1.54) is 6.07 Å². The number of nitrogens with two attached hydrogens (primary N) is 1. The second kappa shape index (κ2) is 7.12. The van der Waals surface area contributed by atoms with E-state index in [0.29, 0.717) is 29.7 Å². The van der Waals surface area contributed by atoms with Crippen LogP contribution in [0.15, 0.2) is 22.7 Å². The summed E-state index contributed by atoms with van der Waals surface area (Å²) >= 11 is 3.12. The SMILES string of the molecule is COCC(N)CCNc1ccc(C(F)(F)F)cc1Br. The second-order valence-corrected chi connectivity index (χ2v) is 4.98. The van der Waals surface area contributed by atoms with Gasteiger partial charge in [-0.15, -0.1) is 0 Å². The fourth-order valence-electron chi connectivity index (χ4n) is 1.52. The summed E-state index contributed by atoms with van der Waals surface area (Å²) in [5.74, 6) is 0. The molecule has 0 bridgehead atoms. The number of hydrogen-bond donors (Lipinski definition) is 2. The third kappa shape index (κ3) is 5.38. The van der Waals surface area contributed by atoms with Gasteiger partial charge in [-0.1, -0.05) is 0 Å². The highest BCUT2D eigenvalue weighted by Crippen LogP contribution is 2.33. The van der Waals surface area contributed by atoms with Crippen LogP contribution in [0.5, 0.6) is 0 Å². The molecule has 3 N–H and O–H groups in total. The zero-order chi connectivity index (χ0) is 14.5. The molecule has 0 amide bonds. The predicted molar refractivity (Wildman–Crippen MR) is 72.1 cm³/mol. The van der Waals surface area contributed by atoms with Gasteiger partial charge in [0.2, 0.25) is 0 Å². The van der Waals surface area contributed by atoms with Crippen LogP contribution in [0.25, 0.3) is 0 Å². The largest absolute Gasteiger partial charge is 0.416 e. The summed E-state index contributed by atoms with van der Waals surface area (Å²) < 4.78 is 42.7. The number of alkyl halides is 3. The Morgan fingerprint density at radius 2 is 2.11 bits per heavy atom. The van der Waals surface area contributed by atoms with E-state index in [1.807, 2.05) is 0 Å². The van der Waals surface area contributed by atoms with Crippen LogP contribution in [0.3, 0.4) is 0 Å². The molecular formula is C12H16BrF3N2O. The first-order chi connectivity index (χ1) is 8.84. The third-order valence-electron chi connectivity index (χ3n) is 2.51. The molecule has 0 aliphatic carbocycles. The third-order valence-corrected chi connectivity index (χ3v) is 3.16. The minimum Gasteiger partial charge on any atom is -0.384 e. The Hall–Kier alpha value is -0.790. The van der Waals surface area contributed by atoms with Gasteiger partial charge >= 0.3 is 6.18 Å². The lowest BCUT2D eigenvalue weighted by Gasteiger charge is -2.14. The number of rotatable bonds is 6. The highest BCUT2D eigenvalue weighted by Gasteiger charge is 2.30. The molecule has 108 valence electrons. The summed E-state index contributed by atoms with van der Waals surface area (Å²) in [5.41, 5.74) is 5.67. The van der Waals surface area contributed by atoms with Crippen LogP contribution in [-0.4, -0.2) is 26.3 Å². The van der Waals surface area contributed by atoms with Crippen molar-refractivity contribution in [3.8, 4) is 0 Å². The monoisotopic (exact) mass is 340 g/mol. The fraction of sp³-hybridized carbons (Fsp3) is 0.500. The van der Waals surface area contributed by atoms with Gasteiger partial charge in [0.05, 0.1) is 12.2 Å². The van der Waals surface area contributed by atoms with Gasteiger partial charge < -0.3 is 15.8 Å². The lowest BCUT2D eigenvalue weighted by Crippen LogP contribution is -2.28. The predicted octanol–water partition coefficient (Wildman–Crippen LogP) is 3.24. The molecule has 0 saturated carbocycles. The van der Waals surface area contributed by atoms with Crippen LogP contribution in [0.2, 0.25) is 0 Å². The van der Waals surface area contributed by atoms with E-state index in [0.717, 1.165) is 12.1 Å².